The van der Waals surface area contributed by atoms with E-state index in [-0.39, 0.29) is 0 Å². The molecule has 1 heterocycles. The van der Waals surface area contributed by atoms with Crippen molar-refractivity contribution >= 4 is 12.0 Å². The lowest BCUT2D eigenvalue weighted by Crippen LogP contribution is -1.84. The second kappa shape index (κ2) is 2.87. The van der Waals surface area contributed by atoms with Gasteiger partial charge in [-0.15, -0.1) is 0 Å². The smallest absolute Gasteiger partial charge is 0.328 e. The molecule has 0 bridgehead atoms. The van der Waals surface area contributed by atoms with Crippen LogP contribution in [0.15, 0.2) is 24.5 Å². The number of carboxylic acids is 1. The van der Waals surface area contributed by atoms with Crippen molar-refractivity contribution in [2.75, 3.05) is 0 Å². The summed E-state index contributed by atoms with van der Waals surface area (Å²) in [6.45, 7) is 0. The van der Waals surface area contributed by atoms with Crippen molar-refractivity contribution in [3.8, 4) is 0 Å². The van der Waals surface area contributed by atoms with Crippen LogP contribution in [0.25, 0.3) is 6.08 Å². The van der Waals surface area contributed by atoms with Crippen LogP contribution in [0.3, 0.4) is 0 Å². The number of rotatable bonds is 2. The Hall–Kier alpha value is -1.51. The van der Waals surface area contributed by atoms with E-state index in [0.717, 1.165) is 11.6 Å². The van der Waals surface area contributed by atoms with Crippen LogP contribution in [-0.2, 0) is 4.79 Å². The summed E-state index contributed by atoms with van der Waals surface area (Å²) in [5, 5.41) is 8.22. The molecule has 2 N–H and O–H groups in total. The van der Waals surface area contributed by atoms with Crippen molar-refractivity contribution in [3.05, 3.63) is 30.1 Å². The van der Waals surface area contributed by atoms with Crippen molar-refractivity contribution in [1.29, 1.82) is 0 Å². The van der Waals surface area contributed by atoms with Gasteiger partial charge in [-0.1, -0.05) is 0 Å². The molecule has 0 radical (unpaired) electrons. The predicted molar refractivity (Wildman–Crippen MR) is 37.5 cm³/mol. The van der Waals surface area contributed by atoms with E-state index >= 15 is 0 Å². The van der Waals surface area contributed by atoms with E-state index in [4.69, 9.17) is 5.11 Å². The first-order valence-corrected chi connectivity index (χ1v) is 2.83. The number of hydrogen-bond donors (Lipinski definition) is 2. The molecule has 0 aliphatic carbocycles. The van der Waals surface area contributed by atoms with Gasteiger partial charge in [0.05, 0.1) is 0 Å². The second-order valence-corrected chi connectivity index (χ2v) is 1.82. The average molecular weight is 137 g/mol. The highest BCUT2D eigenvalue weighted by Gasteiger charge is 1.86. The zero-order valence-electron chi connectivity index (χ0n) is 5.24. The first kappa shape index (κ1) is 6.61. The second-order valence-electron chi connectivity index (χ2n) is 1.82. The number of aromatic amines is 1. The molecule has 1 aromatic heterocycles. The molecule has 0 fully saturated rings. The molecule has 0 saturated carbocycles. The van der Waals surface area contributed by atoms with Gasteiger partial charge in [0.15, 0.2) is 0 Å². The third-order valence-corrected chi connectivity index (χ3v) is 1.04. The van der Waals surface area contributed by atoms with E-state index in [9.17, 15) is 4.79 Å². The lowest BCUT2D eigenvalue weighted by molar-refractivity contribution is -0.131. The molecule has 52 valence electrons. The van der Waals surface area contributed by atoms with Crippen LogP contribution in [0.4, 0.5) is 0 Å². The minimum atomic E-state index is -0.929. The lowest BCUT2D eigenvalue weighted by Gasteiger charge is -1.78. The molecule has 0 spiro atoms. The van der Waals surface area contributed by atoms with E-state index in [1.165, 1.54) is 6.08 Å². The molecule has 0 aromatic carbocycles. The molecule has 10 heavy (non-hydrogen) atoms. The molecule has 1 rings (SSSR count). The first-order valence-electron chi connectivity index (χ1n) is 2.83. The summed E-state index contributed by atoms with van der Waals surface area (Å²) in [5.41, 5.74) is 0.863. The van der Waals surface area contributed by atoms with Crippen molar-refractivity contribution < 1.29 is 9.90 Å². The summed E-state index contributed by atoms with van der Waals surface area (Å²) in [4.78, 5) is 12.8. The zero-order chi connectivity index (χ0) is 7.40. The first-order chi connectivity index (χ1) is 4.79. The molecule has 0 amide bonds. The van der Waals surface area contributed by atoms with Gasteiger partial charge in [0.2, 0.25) is 0 Å². The maximum atomic E-state index is 10.00. The van der Waals surface area contributed by atoms with Gasteiger partial charge in [0.25, 0.3) is 0 Å². The Labute approximate surface area is 58.0 Å². The monoisotopic (exact) mass is 137 g/mol. The number of hydrogen-bond acceptors (Lipinski definition) is 1. The summed E-state index contributed by atoms with van der Waals surface area (Å²) >= 11 is 0. The van der Waals surface area contributed by atoms with Crippen molar-refractivity contribution in [1.82, 2.24) is 4.98 Å². The molecule has 3 nitrogen and oxygen atoms in total. The van der Waals surface area contributed by atoms with Crippen LogP contribution in [0.5, 0.6) is 0 Å². The zero-order valence-corrected chi connectivity index (χ0v) is 5.24. The van der Waals surface area contributed by atoms with Crippen molar-refractivity contribution in [3.63, 3.8) is 0 Å². The van der Waals surface area contributed by atoms with E-state index in [0.29, 0.717) is 0 Å². The summed E-state index contributed by atoms with van der Waals surface area (Å²) in [7, 11) is 0. The summed E-state index contributed by atoms with van der Waals surface area (Å²) in [5.74, 6) is -0.929. The van der Waals surface area contributed by atoms with Gasteiger partial charge in [-0.05, 0) is 17.7 Å². The van der Waals surface area contributed by atoms with Gasteiger partial charge in [-0.2, -0.15) is 0 Å². The Morgan fingerprint density at radius 2 is 2.50 bits per heavy atom. The topological polar surface area (TPSA) is 53.1 Å². The normalized spacial score (nSPS) is 10.4. The largest absolute Gasteiger partial charge is 0.478 e. The van der Waals surface area contributed by atoms with Crippen LogP contribution in [0.2, 0.25) is 0 Å². The van der Waals surface area contributed by atoms with Gasteiger partial charge < -0.3 is 10.1 Å². The fourth-order valence-corrected chi connectivity index (χ4v) is 0.608. The average Bonchev–Trinajstić information content (AvgIpc) is 2.34. The van der Waals surface area contributed by atoms with Gasteiger partial charge in [-0.3, -0.25) is 0 Å². The van der Waals surface area contributed by atoms with Gasteiger partial charge >= 0.3 is 5.97 Å². The van der Waals surface area contributed by atoms with Crippen LogP contribution in [-0.4, -0.2) is 16.1 Å². The molecule has 0 aliphatic rings. The van der Waals surface area contributed by atoms with Crippen LogP contribution in [0.1, 0.15) is 5.56 Å². The number of H-pyrrole nitrogens is 1. The summed E-state index contributed by atoms with van der Waals surface area (Å²) in [6.07, 6.45) is 6.09. The van der Waals surface area contributed by atoms with Crippen molar-refractivity contribution in [2.45, 2.75) is 0 Å². The molecule has 0 aliphatic heterocycles. The standard InChI is InChI=1S/C7H7NO2/c9-7(10)2-1-6-3-4-8-5-6/h1-5,8H,(H,9,10)/b2-1-. The van der Waals surface area contributed by atoms with Crippen LogP contribution < -0.4 is 0 Å². The molecule has 0 atom stereocenters. The molecular weight excluding hydrogens is 130 g/mol. The third-order valence-electron chi connectivity index (χ3n) is 1.04. The Morgan fingerprint density at radius 3 is 3.00 bits per heavy atom. The molecule has 0 unspecified atom stereocenters. The SMILES string of the molecule is O=C(O)/C=C\c1cc[nH]c1. The molecular formula is C7H7NO2. The molecule has 3 heteroatoms. The maximum Gasteiger partial charge on any atom is 0.328 e. The highest BCUT2D eigenvalue weighted by Crippen LogP contribution is 1.98. The van der Waals surface area contributed by atoms with Gasteiger partial charge in [0, 0.05) is 18.5 Å². The predicted octanol–water partition coefficient (Wildman–Crippen LogP) is 1.11. The van der Waals surface area contributed by atoms with Crippen molar-refractivity contribution in [2.24, 2.45) is 0 Å². The Morgan fingerprint density at radius 1 is 1.70 bits per heavy atom. The quantitative estimate of drug-likeness (QED) is 0.600. The highest BCUT2D eigenvalue weighted by molar-refractivity contribution is 5.85. The van der Waals surface area contributed by atoms with Gasteiger partial charge in [0.1, 0.15) is 0 Å². The van der Waals surface area contributed by atoms with E-state index in [1.807, 2.05) is 0 Å². The summed E-state index contributed by atoms with van der Waals surface area (Å²) < 4.78 is 0. The number of nitrogens with one attached hydrogen (secondary N) is 1. The van der Waals surface area contributed by atoms with E-state index in [2.05, 4.69) is 4.98 Å². The minimum absolute atomic E-state index is 0.863. The molecule has 0 saturated heterocycles. The third kappa shape index (κ3) is 1.78. The van der Waals surface area contributed by atoms with Crippen LogP contribution >= 0.6 is 0 Å². The Kier molecular flexibility index (Phi) is 1.89. The fourth-order valence-electron chi connectivity index (χ4n) is 0.608. The highest BCUT2D eigenvalue weighted by atomic mass is 16.4. The Bertz CT molecular complexity index is 236. The Balaban J connectivity index is 2.64. The lowest BCUT2D eigenvalue weighted by atomic mass is 10.3. The minimum Gasteiger partial charge on any atom is -0.478 e. The van der Waals surface area contributed by atoms with Gasteiger partial charge in [-0.25, -0.2) is 4.79 Å². The fraction of sp³-hybridized carbons (Fsp3) is 0. The number of aliphatic carboxylic acids is 1. The van der Waals surface area contributed by atoms with Crippen LogP contribution in [0, 0.1) is 0 Å². The number of carboxylic acid groups (broad SMARTS) is 1. The van der Waals surface area contributed by atoms with E-state index in [1.54, 1.807) is 18.5 Å². The maximum absolute atomic E-state index is 10.00. The number of carbonyl (C=O) groups is 1. The van der Waals surface area contributed by atoms with E-state index < -0.39 is 5.97 Å². The summed E-state index contributed by atoms with van der Waals surface area (Å²) in [6, 6.07) is 1.79. The molecule has 1 aromatic rings. The number of aromatic nitrogens is 1.